The molecule has 2 rings (SSSR count). The highest BCUT2D eigenvalue weighted by Gasteiger charge is 2.33. The zero-order valence-corrected chi connectivity index (χ0v) is 13.1. The molecule has 0 aliphatic carbocycles. The van der Waals surface area contributed by atoms with E-state index in [4.69, 9.17) is 19.4 Å². The molecule has 0 saturated heterocycles. The molecule has 0 aliphatic heterocycles. The van der Waals surface area contributed by atoms with Crippen LogP contribution in [0.3, 0.4) is 0 Å². The van der Waals surface area contributed by atoms with Gasteiger partial charge in [-0.3, -0.25) is 4.79 Å². The van der Waals surface area contributed by atoms with Crippen LogP contribution >= 0.6 is 0 Å². The molecule has 0 radical (unpaired) electrons. The number of carbonyl (C=O) groups is 2. The van der Waals surface area contributed by atoms with Gasteiger partial charge in [-0.2, -0.15) is 13.2 Å². The molecular weight excluding hydrogens is 347 g/mol. The van der Waals surface area contributed by atoms with Gasteiger partial charge < -0.3 is 19.4 Å². The molecule has 2 aromatic rings. The van der Waals surface area contributed by atoms with Crippen LogP contribution in [0.5, 0.6) is 0 Å². The third-order valence-electron chi connectivity index (χ3n) is 2.83. The highest BCUT2D eigenvalue weighted by molar-refractivity contribution is 5.70. The van der Waals surface area contributed by atoms with Crippen LogP contribution in [0.2, 0.25) is 0 Å². The number of alkyl halides is 3. The summed E-state index contributed by atoms with van der Waals surface area (Å²) in [7, 11) is 0. The number of halogens is 3. The average molecular weight is 361 g/mol. The normalized spacial score (nSPS) is 11.4. The van der Waals surface area contributed by atoms with Crippen molar-refractivity contribution in [3.63, 3.8) is 0 Å². The van der Waals surface area contributed by atoms with Gasteiger partial charge in [0.1, 0.15) is 24.9 Å². The third kappa shape index (κ3) is 6.20. The average Bonchev–Trinajstić information content (AvgIpc) is 3.00. The summed E-state index contributed by atoms with van der Waals surface area (Å²) in [6.45, 7) is 3.64. The van der Waals surface area contributed by atoms with Gasteiger partial charge in [-0.15, -0.1) is 0 Å². The molecule has 2 heterocycles. The first-order valence-corrected chi connectivity index (χ1v) is 6.72. The number of carboxylic acids is 2. The first-order valence-electron chi connectivity index (χ1n) is 6.72. The number of carboxylic acid groups (broad SMARTS) is 2. The number of hydrogen-bond acceptors (Lipinski definition) is 6. The van der Waals surface area contributed by atoms with E-state index >= 15 is 0 Å². The number of aliphatic carboxylic acids is 2. The summed E-state index contributed by atoms with van der Waals surface area (Å²) in [5.41, 5.74) is 0.170. The molecule has 0 fully saturated rings. The molecule has 0 atom stereocenters. The monoisotopic (exact) mass is 361 g/mol. The largest absolute Gasteiger partial charge is 0.542 e. The van der Waals surface area contributed by atoms with Crippen molar-refractivity contribution >= 4 is 11.9 Å². The van der Waals surface area contributed by atoms with Crippen molar-refractivity contribution < 1.29 is 42.1 Å². The van der Waals surface area contributed by atoms with E-state index in [1.54, 1.807) is 29.3 Å². The van der Waals surface area contributed by atoms with E-state index in [1.165, 1.54) is 6.26 Å². The van der Waals surface area contributed by atoms with E-state index in [9.17, 15) is 18.0 Å². The van der Waals surface area contributed by atoms with Gasteiger partial charge in [-0.1, -0.05) is 4.68 Å². The molecule has 0 amide bonds. The topological polar surface area (TPSA) is 120 Å². The van der Waals surface area contributed by atoms with Crippen molar-refractivity contribution in [2.45, 2.75) is 32.0 Å². The first kappa shape index (κ1) is 20.1. The molecule has 0 spiro atoms. The number of rotatable bonds is 4. The van der Waals surface area contributed by atoms with Gasteiger partial charge in [-0.25, -0.2) is 4.98 Å². The second-order valence-electron chi connectivity index (χ2n) is 5.37. The van der Waals surface area contributed by atoms with Crippen molar-refractivity contribution in [1.29, 1.82) is 0 Å². The van der Waals surface area contributed by atoms with Crippen LogP contribution in [-0.4, -0.2) is 33.3 Å². The number of carbonyl (C=O) groups excluding carboxylic acids is 1. The summed E-state index contributed by atoms with van der Waals surface area (Å²) >= 11 is 0. The Labute approximate surface area is 139 Å². The quantitative estimate of drug-likeness (QED) is 0.789. The zero-order valence-electron chi connectivity index (χ0n) is 13.1. The van der Waals surface area contributed by atoms with E-state index in [0.717, 1.165) is 5.56 Å². The Morgan fingerprint density at radius 3 is 2.32 bits per heavy atom. The molecule has 8 nitrogen and oxygen atoms in total. The van der Waals surface area contributed by atoms with E-state index in [2.05, 4.69) is 10.1 Å². The molecule has 11 heteroatoms. The van der Waals surface area contributed by atoms with E-state index in [1.807, 2.05) is 13.8 Å². The summed E-state index contributed by atoms with van der Waals surface area (Å²) in [4.78, 5) is 23.6. The fourth-order valence-electron chi connectivity index (χ4n) is 1.66. The summed E-state index contributed by atoms with van der Waals surface area (Å²) < 4.78 is 38.3. The predicted octanol–water partition coefficient (Wildman–Crippen LogP) is 0.532. The van der Waals surface area contributed by atoms with E-state index < -0.39 is 23.7 Å². The second-order valence-corrected chi connectivity index (χ2v) is 5.37. The van der Waals surface area contributed by atoms with Crippen molar-refractivity contribution in [3.05, 3.63) is 30.9 Å². The third-order valence-corrected chi connectivity index (χ3v) is 2.83. The number of aromatic nitrogens is 3. The number of hydrogen-bond donors (Lipinski definition) is 1. The Hall–Kier alpha value is -2.98. The lowest BCUT2D eigenvalue weighted by Gasteiger charge is -2.14. The molecule has 0 unspecified atom stereocenters. The lowest BCUT2D eigenvalue weighted by molar-refractivity contribution is -0.808. The van der Waals surface area contributed by atoms with E-state index in [0.29, 0.717) is 5.89 Å². The Bertz CT molecular complexity index is 712. The molecule has 1 N–H and O–H groups in total. The van der Waals surface area contributed by atoms with Crippen molar-refractivity contribution in [2.75, 3.05) is 0 Å². The minimum atomic E-state index is -5.19. The molecule has 2 aromatic heterocycles. The number of nitrogens with zero attached hydrogens (tertiary/aromatic N) is 3. The predicted molar refractivity (Wildman–Crippen MR) is 72.6 cm³/mol. The van der Waals surface area contributed by atoms with Crippen LogP contribution in [0, 0.1) is 0 Å². The molecule has 0 saturated carbocycles. The molecule has 25 heavy (non-hydrogen) atoms. The van der Waals surface area contributed by atoms with Gasteiger partial charge in [0.25, 0.3) is 0 Å². The SMILES string of the molecule is CC(C)(CC(=O)O)[n+]1ccc(-c2ncco2)cn1.O=C([O-])C(F)(F)F. The van der Waals surface area contributed by atoms with Crippen LogP contribution in [0.25, 0.3) is 11.5 Å². The smallest absolute Gasteiger partial charge is 0.430 e. The molecule has 136 valence electrons. The van der Waals surface area contributed by atoms with Crippen LogP contribution in [0.1, 0.15) is 20.3 Å². The van der Waals surface area contributed by atoms with Crippen molar-refractivity contribution in [3.8, 4) is 11.5 Å². The zero-order chi connectivity index (χ0) is 19.3. The summed E-state index contributed by atoms with van der Waals surface area (Å²) in [6.07, 6.45) is 1.19. The first-order chi connectivity index (χ1) is 11.4. The van der Waals surface area contributed by atoms with Gasteiger partial charge in [0.15, 0.2) is 11.7 Å². The molecule has 0 aliphatic rings. The van der Waals surface area contributed by atoms with Crippen LogP contribution in [0.15, 0.2) is 35.3 Å². The molecular formula is C14H14F3N3O5. The van der Waals surface area contributed by atoms with Gasteiger partial charge >= 0.3 is 12.1 Å². The fraction of sp³-hybridized carbons (Fsp3) is 0.357. The molecule has 0 bridgehead atoms. The van der Waals surface area contributed by atoms with Gasteiger partial charge in [0, 0.05) is 19.9 Å². The Kier molecular flexibility index (Phi) is 6.20. The van der Waals surface area contributed by atoms with Crippen molar-refractivity contribution in [1.82, 2.24) is 10.1 Å². The Morgan fingerprint density at radius 2 is 1.96 bits per heavy atom. The van der Waals surface area contributed by atoms with Crippen LogP contribution < -0.4 is 9.79 Å². The molecule has 0 aromatic carbocycles. The van der Waals surface area contributed by atoms with Gasteiger partial charge in [0.2, 0.25) is 5.89 Å². The van der Waals surface area contributed by atoms with Gasteiger partial charge in [0.05, 0.1) is 11.8 Å². The maximum absolute atomic E-state index is 10.8. The number of oxazole rings is 1. The van der Waals surface area contributed by atoms with Crippen LogP contribution in [-0.2, 0) is 15.1 Å². The summed E-state index contributed by atoms with van der Waals surface area (Å²) in [5.74, 6) is -3.37. The fourth-order valence-corrected chi connectivity index (χ4v) is 1.66. The Morgan fingerprint density at radius 1 is 1.36 bits per heavy atom. The highest BCUT2D eigenvalue weighted by atomic mass is 19.4. The van der Waals surface area contributed by atoms with Crippen LogP contribution in [0.4, 0.5) is 13.2 Å². The second kappa shape index (κ2) is 7.73. The van der Waals surface area contributed by atoms with Crippen molar-refractivity contribution in [2.24, 2.45) is 0 Å². The lowest BCUT2D eigenvalue weighted by atomic mass is 10.0. The Balaban J connectivity index is 0.000000381. The maximum atomic E-state index is 10.8. The summed E-state index contributed by atoms with van der Waals surface area (Å²) in [6, 6.07) is 1.79. The maximum Gasteiger partial charge on any atom is 0.430 e. The lowest BCUT2D eigenvalue weighted by Crippen LogP contribution is -2.55. The minimum Gasteiger partial charge on any atom is -0.542 e. The van der Waals surface area contributed by atoms with Gasteiger partial charge in [-0.05, 0) is 5.10 Å². The summed E-state index contributed by atoms with van der Waals surface area (Å²) in [5, 5.41) is 21.8. The highest BCUT2D eigenvalue weighted by Crippen LogP contribution is 2.15. The minimum absolute atomic E-state index is 0.00299. The standard InChI is InChI=1S/C12H13N3O3.C2HF3O2/c1-12(2,7-10(16)17)15-5-3-9(8-14-15)11-13-4-6-18-11;3-2(4,5)1(6)7/h3-6,8H,7H2,1-2H3;(H,6,7). The van der Waals surface area contributed by atoms with E-state index in [-0.39, 0.29) is 6.42 Å².